The van der Waals surface area contributed by atoms with Crippen LogP contribution in [0.3, 0.4) is 0 Å². The van der Waals surface area contributed by atoms with Crippen LogP contribution >= 0.6 is 0 Å². The van der Waals surface area contributed by atoms with Gasteiger partial charge in [0.15, 0.2) is 5.82 Å². The highest BCUT2D eigenvalue weighted by molar-refractivity contribution is 7.89. The lowest BCUT2D eigenvalue weighted by molar-refractivity contribution is -0.147. The van der Waals surface area contributed by atoms with E-state index in [2.05, 4.69) is 21.0 Å². The van der Waals surface area contributed by atoms with Gasteiger partial charge in [-0.1, -0.05) is 13.0 Å². The summed E-state index contributed by atoms with van der Waals surface area (Å²) < 4.78 is 66.2. The van der Waals surface area contributed by atoms with Gasteiger partial charge in [-0.25, -0.2) is 23.4 Å². The Morgan fingerprint density at radius 3 is 2.39 bits per heavy atom. The van der Waals surface area contributed by atoms with E-state index in [-0.39, 0.29) is 11.4 Å². The summed E-state index contributed by atoms with van der Waals surface area (Å²) in [4.78, 5) is 12.1. The van der Waals surface area contributed by atoms with Crippen molar-refractivity contribution in [1.82, 2.24) is 24.2 Å². The molecule has 0 saturated carbocycles. The predicted octanol–water partition coefficient (Wildman–Crippen LogP) is 3.57. The smallest absolute Gasteiger partial charge is 0.290 e. The van der Waals surface area contributed by atoms with E-state index in [0.29, 0.717) is 30.1 Å². The Morgan fingerprint density at radius 2 is 1.88 bits per heavy atom. The first-order chi connectivity index (χ1) is 15.6. The normalized spacial score (nSPS) is 14.6. The summed E-state index contributed by atoms with van der Waals surface area (Å²) in [5, 5.41) is 10.5. The molecule has 0 saturated heterocycles. The first-order valence-electron chi connectivity index (χ1n) is 9.80. The fourth-order valence-electron chi connectivity index (χ4n) is 3.25. The Bertz CT molecular complexity index is 1450. The minimum atomic E-state index is -4.75. The molecule has 8 nitrogen and oxygen atoms in total. The lowest BCUT2D eigenvalue weighted by Gasteiger charge is -2.17. The summed E-state index contributed by atoms with van der Waals surface area (Å²) in [6.07, 6.45) is 4.91. The van der Waals surface area contributed by atoms with E-state index in [9.17, 15) is 26.9 Å². The molecule has 0 fully saturated rings. The van der Waals surface area contributed by atoms with Crippen LogP contribution in [0.25, 0.3) is 28.2 Å². The second-order valence-corrected chi connectivity index (χ2v) is 9.03. The van der Waals surface area contributed by atoms with Crippen LogP contribution in [0.2, 0.25) is 0 Å². The van der Waals surface area contributed by atoms with Crippen molar-refractivity contribution in [3.8, 4) is 17.6 Å². The molecule has 0 bridgehead atoms. The van der Waals surface area contributed by atoms with E-state index in [4.69, 9.17) is 0 Å². The molecular formula is C21H17F3N6O2S. The number of aromatic nitrogens is 4. The molecule has 170 valence electrons. The van der Waals surface area contributed by atoms with Crippen LogP contribution in [-0.2, 0) is 16.4 Å². The van der Waals surface area contributed by atoms with Crippen LogP contribution in [0.15, 0.2) is 47.8 Å². The van der Waals surface area contributed by atoms with E-state index in [0.717, 1.165) is 23.7 Å². The van der Waals surface area contributed by atoms with Gasteiger partial charge in [0.2, 0.25) is 10.0 Å². The van der Waals surface area contributed by atoms with Gasteiger partial charge in [-0.05, 0) is 37.1 Å². The number of nitrogens with one attached hydrogen (secondary N) is 1. The molecular weight excluding hydrogens is 457 g/mol. The third kappa shape index (κ3) is 4.01. The Hall–Kier alpha value is -3.56. The van der Waals surface area contributed by atoms with Crippen molar-refractivity contribution in [3.05, 3.63) is 54.0 Å². The SMILES string of the molecule is CCc1cnc2c(c1)c(C#N)c(-c1ncc(S(=O)(=O)N[C@H](C)C(F)(F)F)cn1)n2C1=CC=C1. The molecule has 3 heterocycles. The van der Waals surface area contributed by atoms with Crippen molar-refractivity contribution >= 4 is 26.8 Å². The molecule has 12 heteroatoms. The largest absolute Gasteiger partial charge is 0.404 e. The van der Waals surface area contributed by atoms with E-state index in [1.165, 1.54) is 0 Å². The number of nitriles is 1. The number of nitrogens with zero attached hydrogens (tertiary/aromatic N) is 5. The number of sulfonamides is 1. The minimum Gasteiger partial charge on any atom is -0.290 e. The molecule has 4 rings (SSSR count). The van der Waals surface area contributed by atoms with Crippen LogP contribution < -0.4 is 4.72 Å². The van der Waals surface area contributed by atoms with E-state index < -0.39 is 27.1 Å². The molecule has 1 atom stereocenters. The fraction of sp³-hybridized carbons (Fsp3) is 0.238. The van der Waals surface area contributed by atoms with Gasteiger partial charge in [0.25, 0.3) is 0 Å². The maximum Gasteiger partial charge on any atom is 0.404 e. The lowest BCUT2D eigenvalue weighted by atomic mass is 10.1. The highest BCUT2D eigenvalue weighted by Gasteiger charge is 2.39. The van der Waals surface area contributed by atoms with E-state index >= 15 is 0 Å². The number of alkyl halides is 3. The highest BCUT2D eigenvalue weighted by atomic mass is 32.2. The predicted molar refractivity (Wildman–Crippen MR) is 114 cm³/mol. The van der Waals surface area contributed by atoms with Gasteiger partial charge in [0.1, 0.15) is 28.3 Å². The maximum atomic E-state index is 12.8. The van der Waals surface area contributed by atoms with Gasteiger partial charge in [-0.2, -0.15) is 23.2 Å². The molecule has 1 N–H and O–H groups in total. The third-order valence-electron chi connectivity index (χ3n) is 5.15. The maximum absolute atomic E-state index is 12.8. The Balaban J connectivity index is 1.82. The number of pyridine rings is 1. The molecule has 0 amide bonds. The van der Waals surface area contributed by atoms with Crippen LogP contribution in [0.4, 0.5) is 13.2 Å². The number of fused-ring (bicyclic) bond motifs is 1. The first-order valence-corrected chi connectivity index (χ1v) is 11.3. The molecule has 33 heavy (non-hydrogen) atoms. The Kier molecular flexibility index (Phi) is 5.55. The molecule has 1 aliphatic carbocycles. The first kappa shape index (κ1) is 22.6. The number of hydrogen-bond acceptors (Lipinski definition) is 6. The summed E-state index contributed by atoms with van der Waals surface area (Å²) in [5.41, 5.74) is 2.73. The van der Waals surface area contributed by atoms with Crippen molar-refractivity contribution in [3.63, 3.8) is 0 Å². The van der Waals surface area contributed by atoms with Crippen molar-refractivity contribution in [2.45, 2.75) is 37.4 Å². The van der Waals surface area contributed by atoms with Gasteiger partial charge in [0.05, 0.1) is 18.0 Å². The average Bonchev–Trinajstić information content (AvgIpc) is 3.04. The average molecular weight is 474 g/mol. The number of allylic oxidation sites excluding steroid dienone is 4. The zero-order valence-corrected chi connectivity index (χ0v) is 18.2. The lowest BCUT2D eigenvalue weighted by Crippen LogP contribution is -2.43. The molecule has 0 spiro atoms. The second kappa shape index (κ2) is 8.09. The van der Waals surface area contributed by atoms with Crippen LogP contribution in [0, 0.1) is 11.3 Å². The fourth-order valence-corrected chi connectivity index (χ4v) is 4.37. The van der Waals surface area contributed by atoms with Gasteiger partial charge in [0, 0.05) is 17.3 Å². The molecule has 1 aliphatic rings. The summed E-state index contributed by atoms with van der Waals surface area (Å²) >= 11 is 0. The zero-order chi connectivity index (χ0) is 24.0. The van der Waals surface area contributed by atoms with Crippen LogP contribution in [-0.4, -0.2) is 40.2 Å². The Morgan fingerprint density at radius 1 is 1.21 bits per heavy atom. The topological polar surface area (TPSA) is 114 Å². The molecule has 0 aliphatic heterocycles. The van der Waals surface area contributed by atoms with Crippen molar-refractivity contribution < 1.29 is 21.6 Å². The van der Waals surface area contributed by atoms with Crippen molar-refractivity contribution in [2.75, 3.05) is 0 Å². The summed E-state index contributed by atoms with van der Waals surface area (Å²) in [7, 11) is -4.51. The summed E-state index contributed by atoms with van der Waals surface area (Å²) in [5.74, 6) is 0.0339. The zero-order valence-electron chi connectivity index (χ0n) is 17.4. The Labute approximate surface area is 187 Å². The highest BCUT2D eigenvalue weighted by Crippen LogP contribution is 2.35. The third-order valence-corrected chi connectivity index (χ3v) is 6.65. The standard InChI is InChI=1S/C21H17F3N6O2S/c1-3-13-7-16-17(8-25)18(30(14-5-4-6-14)20(16)28-9-13)19-26-10-15(11-27-19)33(31,32)29-12(2)21(22,23)24/h4-7,9-12,29H,3H2,1-2H3/t12-/m1/s1. The quantitative estimate of drug-likeness (QED) is 0.584. The van der Waals surface area contributed by atoms with Crippen molar-refractivity contribution in [1.29, 1.82) is 5.26 Å². The summed E-state index contributed by atoms with van der Waals surface area (Å²) in [6, 6.07) is 1.72. The number of halogens is 3. The number of hydrogen-bond donors (Lipinski definition) is 1. The number of aryl methyl sites for hydroxylation is 1. The molecule has 3 aromatic heterocycles. The monoisotopic (exact) mass is 474 g/mol. The molecule has 0 aromatic carbocycles. The molecule has 3 aromatic rings. The van der Waals surface area contributed by atoms with E-state index in [1.807, 2.05) is 13.0 Å². The van der Waals surface area contributed by atoms with Crippen LogP contribution in [0.5, 0.6) is 0 Å². The molecule has 0 unspecified atom stereocenters. The van der Waals surface area contributed by atoms with Crippen molar-refractivity contribution in [2.24, 2.45) is 0 Å². The van der Waals surface area contributed by atoms with Gasteiger partial charge >= 0.3 is 6.18 Å². The van der Waals surface area contributed by atoms with Crippen LogP contribution in [0.1, 0.15) is 25.0 Å². The minimum absolute atomic E-state index is 0.0339. The van der Waals surface area contributed by atoms with Gasteiger partial charge in [-0.15, -0.1) is 0 Å². The van der Waals surface area contributed by atoms with E-state index in [1.54, 1.807) is 33.7 Å². The number of rotatable bonds is 6. The molecule has 0 radical (unpaired) electrons. The van der Waals surface area contributed by atoms with Gasteiger partial charge in [-0.3, -0.25) is 4.57 Å². The second-order valence-electron chi connectivity index (χ2n) is 7.32. The van der Waals surface area contributed by atoms with Gasteiger partial charge < -0.3 is 0 Å². The summed E-state index contributed by atoms with van der Waals surface area (Å²) in [6.45, 7) is 2.65.